The molecule has 0 unspecified atom stereocenters. The summed E-state index contributed by atoms with van der Waals surface area (Å²) in [6.07, 6.45) is 5.50. The Kier molecular flexibility index (Phi) is 5.23. The van der Waals surface area contributed by atoms with Crippen LogP contribution in [0.4, 0.5) is 5.69 Å². The highest BCUT2D eigenvalue weighted by molar-refractivity contribution is 7.98. The fourth-order valence-corrected chi connectivity index (χ4v) is 2.32. The maximum atomic E-state index is 12.1. The number of anilines is 1. The molecule has 108 valence electrons. The third kappa shape index (κ3) is 4.23. The van der Waals surface area contributed by atoms with Crippen molar-refractivity contribution in [2.75, 3.05) is 25.3 Å². The highest BCUT2D eigenvalue weighted by atomic mass is 32.2. The van der Waals surface area contributed by atoms with Crippen molar-refractivity contribution >= 4 is 29.3 Å². The second-order valence-corrected chi connectivity index (χ2v) is 5.79. The summed E-state index contributed by atoms with van der Waals surface area (Å²) in [4.78, 5) is 15.3. The highest BCUT2D eigenvalue weighted by Crippen LogP contribution is 2.16. The van der Waals surface area contributed by atoms with Crippen LogP contribution >= 0.6 is 11.8 Å². The molecule has 2 aromatic rings. The first-order valence-corrected chi connectivity index (χ1v) is 7.96. The van der Waals surface area contributed by atoms with E-state index in [1.54, 1.807) is 17.8 Å². The molecular formula is C18H19NOS. The third-order valence-electron chi connectivity index (χ3n) is 3.21. The van der Waals surface area contributed by atoms with E-state index in [0.717, 1.165) is 16.1 Å². The van der Waals surface area contributed by atoms with E-state index in [9.17, 15) is 4.79 Å². The van der Waals surface area contributed by atoms with Crippen LogP contribution in [0.1, 0.15) is 15.9 Å². The van der Waals surface area contributed by atoms with Gasteiger partial charge in [-0.1, -0.05) is 18.2 Å². The summed E-state index contributed by atoms with van der Waals surface area (Å²) in [5.41, 5.74) is 2.88. The zero-order valence-electron chi connectivity index (χ0n) is 12.5. The molecule has 0 saturated carbocycles. The Morgan fingerprint density at radius 1 is 1.00 bits per heavy atom. The smallest absolute Gasteiger partial charge is 0.185 e. The number of nitrogens with zero attached hydrogens (tertiary/aromatic N) is 1. The van der Waals surface area contributed by atoms with Gasteiger partial charge in [-0.2, -0.15) is 0 Å². The molecule has 0 amide bonds. The number of carbonyl (C=O) groups is 1. The van der Waals surface area contributed by atoms with Crippen LogP contribution < -0.4 is 4.90 Å². The lowest BCUT2D eigenvalue weighted by Crippen LogP contribution is -2.07. The van der Waals surface area contributed by atoms with Crippen LogP contribution in [0.2, 0.25) is 0 Å². The maximum absolute atomic E-state index is 12.1. The first-order valence-electron chi connectivity index (χ1n) is 6.74. The molecule has 2 nitrogen and oxygen atoms in total. The van der Waals surface area contributed by atoms with Crippen molar-refractivity contribution in [2.24, 2.45) is 0 Å². The van der Waals surface area contributed by atoms with Crippen molar-refractivity contribution in [3.05, 3.63) is 65.7 Å². The summed E-state index contributed by atoms with van der Waals surface area (Å²) in [6, 6.07) is 15.8. The molecule has 0 atom stereocenters. The summed E-state index contributed by atoms with van der Waals surface area (Å²) in [7, 11) is 4.01. The third-order valence-corrected chi connectivity index (χ3v) is 3.95. The molecule has 0 aliphatic carbocycles. The predicted molar refractivity (Wildman–Crippen MR) is 92.4 cm³/mol. The van der Waals surface area contributed by atoms with Crippen molar-refractivity contribution in [1.82, 2.24) is 0 Å². The van der Waals surface area contributed by atoms with Gasteiger partial charge in [0.15, 0.2) is 5.78 Å². The molecule has 2 aromatic carbocycles. The van der Waals surface area contributed by atoms with E-state index in [1.807, 2.05) is 79.9 Å². The number of carbonyl (C=O) groups excluding carboxylic acids is 1. The van der Waals surface area contributed by atoms with E-state index in [0.29, 0.717) is 5.56 Å². The van der Waals surface area contributed by atoms with Crippen LogP contribution in [0.25, 0.3) is 6.08 Å². The average molecular weight is 297 g/mol. The van der Waals surface area contributed by atoms with Gasteiger partial charge in [-0.25, -0.2) is 0 Å². The molecule has 21 heavy (non-hydrogen) atoms. The molecule has 0 fully saturated rings. The van der Waals surface area contributed by atoms with Crippen molar-refractivity contribution < 1.29 is 4.79 Å². The van der Waals surface area contributed by atoms with Gasteiger partial charge >= 0.3 is 0 Å². The van der Waals surface area contributed by atoms with Gasteiger partial charge in [-0.05, 0) is 54.3 Å². The molecule has 0 bridgehead atoms. The lowest BCUT2D eigenvalue weighted by molar-refractivity contribution is 0.104. The minimum Gasteiger partial charge on any atom is -0.378 e. The number of hydrogen-bond acceptors (Lipinski definition) is 3. The monoisotopic (exact) mass is 297 g/mol. The highest BCUT2D eigenvalue weighted by Gasteiger charge is 2.01. The van der Waals surface area contributed by atoms with E-state index in [1.165, 1.54) is 0 Å². The molecular weight excluding hydrogens is 278 g/mol. The minimum absolute atomic E-state index is 0.0272. The zero-order chi connectivity index (χ0) is 15.2. The number of thioether (sulfide) groups is 1. The van der Waals surface area contributed by atoms with Crippen molar-refractivity contribution in [2.45, 2.75) is 4.90 Å². The second kappa shape index (κ2) is 7.14. The van der Waals surface area contributed by atoms with Gasteiger partial charge in [0.2, 0.25) is 0 Å². The summed E-state index contributed by atoms with van der Waals surface area (Å²) < 4.78 is 0. The number of hydrogen-bond donors (Lipinski definition) is 0. The van der Waals surface area contributed by atoms with Crippen LogP contribution in [0.5, 0.6) is 0 Å². The van der Waals surface area contributed by atoms with E-state index < -0.39 is 0 Å². The molecule has 0 aromatic heterocycles. The molecule has 0 radical (unpaired) electrons. The van der Waals surface area contributed by atoms with Gasteiger partial charge in [-0.15, -0.1) is 11.8 Å². The van der Waals surface area contributed by atoms with Crippen LogP contribution in [0.15, 0.2) is 59.5 Å². The van der Waals surface area contributed by atoms with Crippen LogP contribution in [0.3, 0.4) is 0 Å². The Hall–Kier alpha value is -2.00. The maximum Gasteiger partial charge on any atom is 0.185 e. The standard InChI is InChI=1S/C18H19NOS/c1-19(2)16-9-4-14(5-10-16)6-13-18(20)15-7-11-17(21-3)12-8-15/h4-13H,1-3H3/b13-6+. The molecule has 0 aliphatic heterocycles. The number of allylic oxidation sites excluding steroid dienone is 1. The van der Waals surface area contributed by atoms with Gasteiger partial charge in [0.05, 0.1) is 0 Å². The van der Waals surface area contributed by atoms with Gasteiger partial charge in [0.25, 0.3) is 0 Å². The fraction of sp³-hybridized carbons (Fsp3) is 0.167. The first-order chi connectivity index (χ1) is 10.1. The van der Waals surface area contributed by atoms with E-state index in [-0.39, 0.29) is 5.78 Å². The number of ketones is 1. The van der Waals surface area contributed by atoms with Crippen LogP contribution in [-0.4, -0.2) is 26.1 Å². The summed E-state index contributed by atoms with van der Waals surface area (Å²) in [5, 5.41) is 0. The summed E-state index contributed by atoms with van der Waals surface area (Å²) >= 11 is 1.67. The largest absolute Gasteiger partial charge is 0.378 e. The molecule has 0 aliphatic rings. The first kappa shape index (κ1) is 15.4. The quantitative estimate of drug-likeness (QED) is 0.464. The number of rotatable bonds is 5. The molecule has 0 N–H and O–H groups in total. The van der Waals surface area contributed by atoms with Gasteiger partial charge < -0.3 is 4.90 Å². The predicted octanol–water partition coefficient (Wildman–Crippen LogP) is 4.37. The topological polar surface area (TPSA) is 20.3 Å². The average Bonchev–Trinajstić information content (AvgIpc) is 2.53. The zero-order valence-corrected chi connectivity index (χ0v) is 13.4. The lowest BCUT2D eigenvalue weighted by atomic mass is 10.1. The Morgan fingerprint density at radius 2 is 1.62 bits per heavy atom. The van der Waals surface area contributed by atoms with Crippen LogP contribution in [0, 0.1) is 0 Å². The van der Waals surface area contributed by atoms with Gasteiger partial charge in [0.1, 0.15) is 0 Å². The van der Waals surface area contributed by atoms with Crippen molar-refractivity contribution in [3.63, 3.8) is 0 Å². The molecule has 0 spiro atoms. The summed E-state index contributed by atoms with van der Waals surface area (Å²) in [5.74, 6) is 0.0272. The Balaban J connectivity index is 2.07. The SMILES string of the molecule is CSc1ccc(C(=O)/C=C/c2ccc(N(C)C)cc2)cc1. The molecule has 3 heteroatoms. The normalized spacial score (nSPS) is 10.8. The minimum atomic E-state index is 0.0272. The van der Waals surface area contributed by atoms with E-state index >= 15 is 0 Å². The molecule has 2 rings (SSSR count). The van der Waals surface area contributed by atoms with Crippen molar-refractivity contribution in [1.29, 1.82) is 0 Å². The molecule has 0 saturated heterocycles. The fourth-order valence-electron chi connectivity index (χ4n) is 1.91. The lowest BCUT2D eigenvalue weighted by Gasteiger charge is -2.11. The number of benzene rings is 2. The van der Waals surface area contributed by atoms with E-state index in [2.05, 4.69) is 0 Å². The Labute approximate surface area is 130 Å². The van der Waals surface area contributed by atoms with Crippen LogP contribution in [-0.2, 0) is 0 Å². The Morgan fingerprint density at radius 3 is 2.14 bits per heavy atom. The van der Waals surface area contributed by atoms with Gasteiger partial charge in [-0.3, -0.25) is 4.79 Å². The summed E-state index contributed by atoms with van der Waals surface area (Å²) in [6.45, 7) is 0. The van der Waals surface area contributed by atoms with Crippen molar-refractivity contribution in [3.8, 4) is 0 Å². The van der Waals surface area contributed by atoms with E-state index in [4.69, 9.17) is 0 Å². The van der Waals surface area contributed by atoms with Gasteiger partial charge in [0, 0.05) is 30.2 Å². The Bertz CT molecular complexity index is 627. The molecule has 0 heterocycles. The second-order valence-electron chi connectivity index (χ2n) is 4.91.